The lowest BCUT2D eigenvalue weighted by Crippen LogP contribution is -2.02. The number of fused-ring (bicyclic) bond motifs is 1. The first-order valence-electron chi connectivity index (χ1n) is 6.75. The lowest BCUT2D eigenvalue weighted by Gasteiger charge is -2.11. The summed E-state index contributed by atoms with van der Waals surface area (Å²) in [5.74, 6) is 0.839. The molecule has 0 aliphatic heterocycles. The minimum atomic E-state index is 0.617. The number of hydrogen-bond acceptors (Lipinski definition) is 3. The van der Waals surface area contributed by atoms with Gasteiger partial charge in [0.25, 0.3) is 0 Å². The number of aryl methyl sites for hydroxylation is 1. The molecule has 0 fully saturated rings. The Hall–Kier alpha value is -2.62. The van der Waals surface area contributed by atoms with Crippen molar-refractivity contribution in [3.63, 3.8) is 0 Å². The fourth-order valence-electron chi connectivity index (χ4n) is 2.58. The second-order valence-corrected chi connectivity index (χ2v) is 5.02. The fraction of sp³-hybridized carbons (Fsp3) is 0.176. The van der Waals surface area contributed by atoms with Crippen LogP contribution >= 0.6 is 0 Å². The summed E-state index contributed by atoms with van der Waals surface area (Å²) >= 11 is 0. The smallest absolute Gasteiger partial charge is 0.152 e. The number of methoxy groups -OCH3 is 1. The zero-order valence-electron chi connectivity index (χ0n) is 12.0. The molecule has 1 aromatic carbocycles. The van der Waals surface area contributed by atoms with Crippen LogP contribution in [-0.4, -0.2) is 22.9 Å². The van der Waals surface area contributed by atoms with Gasteiger partial charge in [0.15, 0.2) is 6.29 Å². The van der Waals surface area contributed by atoms with Crippen molar-refractivity contribution in [1.82, 2.24) is 9.55 Å². The fourth-order valence-corrected chi connectivity index (χ4v) is 2.58. The summed E-state index contributed by atoms with van der Waals surface area (Å²) in [6.45, 7) is 2.66. The Morgan fingerprint density at radius 3 is 2.95 bits per heavy atom. The predicted molar refractivity (Wildman–Crippen MR) is 82.0 cm³/mol. The largest absolute Gasteiger partial charge is 0.496 e. The van der Waals surface area contributed by atoms with Gasteiger partial charge in [0.1, 0.15) is 11.4 Å². The molecule has 106 valence electrons. The Bertz CT molecular complexity index is 806. The van der Waals surface area contributed by atoms with Crippen LogP contribution in [0.2, 0.25) is 0 Å². The minimum absolute atomic E-state index is 0.617. The molecule has 0 amide bonds. The van der Waals surface area contributed by atoms with E-state index in [1.807, 2.05) is 42.0 Å². The Morgan fingerprint density at radius 1 is 1.33 bits per heavy atom. The van der Waals surface area contributed by atoms with Gasteiger partial charge in [0, 0.05) is 28.9 Å². The third kappa shape index (κ3) is 2.40. The first-order chi connectivity index (χ1) is 10.2. The quantitative estimate of drug-likeness (QED) is 0.689. The summed E-state index contributed by atoms with van der Waals surface area (Å²) in [5.41, 5.74) is 3.70. The molecule has 3 aromatic rings. The molecule has 2 heterocycles. The molecule has 3 rings (SSSR count). The number of nitrogens with zero attached hydrogens (tertiary/aromatic N) is 2. The Kier molecular flexibility index (Phi) is 3.44. The van der Waals surface area contributed by atoms with E-state index < -0.39 is 0 Å². The third-order valence-corrected chi connectivity index (χ3v) is 3.57. The number of aldehydes is 1. The van der Waals surface area contributed by atoms with Gasteiger partial charge < -0.3 is 9.30 Å². The van der Waals surface area contributed by atoms with Crippen molar-refractivity contribution in [3.05, 3.63) is 59.4 Å². The number of carbonyl (C=O) groups is 1. The van der Waals surface area contributed by atoms with E-state index in [9.17, 15) is 4.79 Å². The minimum Gasteiger partial charge on any atom is -0.496 e. The predicted octanol–water partition coefficient (Wildman–Crippen LogP) is 3.21. The molecule has 0 aliphatic rings. The Morgan fingerprint density at radius 2 is 2.19 bits per heavy atom. The molecule has 0 N–H and O–H groups in total. The van der Waals surface area contributed by atoms with Crippen molar-refractivity contribution < 1.29 is 9.53 Å². The van der Waals surface area contributed by atoms with E-state index in [2.05, 4.69) is 11.1 Å². The summed E-state index contributed by atoms with van der Waals surface area (Å²) in [7, 11) is 1.66. The highest BCUT2D eigenvalue weighted by Crippen LogP contribution is 2.24. The van der Waals surface area contributed by atoms with Gasteiger partial charge in [-0.25, -0.2) is 4.98 Å². The highest BCUT2D eigenvalue weighted by Gasteiger charge is 2.11. The van der Waals surface area contributed by atoms with Crippen molar-refractivity contribution >= 4 is 17.3 Å². The monoisotopic (exact) mass is 280 g/mol. The molecule has 0 saturated carbocycles. The van der Waals surface area contributed by atoms with Gasteiger partial charge in [-0.3, -0.25) is 4.79 Å². The average molecular weight is 280 g/mol. The number of rotatable bonds is 4. The second-order valence-electron chi connectivity index (χ2n) is 5.02. The summed E-state index contributed by atoms with van der Waals surface area (Å²) in [6.07, 6.45) is 4.45. The molecular weight excluding hydrogens is 264 g/mol. The number of pyridine rings is 1. The number of hydrogen-bond donors (Lipinski definition) is 0. The van der Waals surface area contributed by atoms with Crippen LogP contribution in [0.4, 0.5) is 0 Å². The highest BCUT2D eigenvalue weighted by atomic mass is 16.5. The van der Waals surface area contributed by atoms with Crippen molar-refractivity contribution in [2.24, 2.45) is 0 Å². The molecule has 0 aliphatic carbocycles. The first-order valence-corrected chi connectivity index (χ1v) is 6.75. The van der Waals surface area contributed by atoms with Crippen LogP contribution in [0.5, 0.6) is 5.75 Å². The van der Waals surface area contributed by atoms with Gasteiger partial charge in [-0.05, 0) is 25.1 Å². The van der Waals surface area contributed by atoms with Gasteiger partial charge in [0.05, 0.1) is 13.7 Å². The lowest BCUT2D eigenvalue weighted by molar-refractivity contribution is 0.112. The first kappa shape index (κ1) is 13.4. The molecular formula is C17H16N2O2. The van der Waals surface area contributed by atoms with Crippen molar-refractivity contribution in [1.29, 1.82) is 0 Å². The summed E-state index contributed by atoms with van der Waals surface area (Å²) in [6, 6.07) is 9.83. The standard InChI is InChI=1S/C17H16N2O2/c1-12-5-6-16(21-2)13(8-12)9-19-10-14(11-20)15-4-3-7-18-17(15)19/h3-8,10-11H,9H2,1-2H3. The van der Waals surface area contributed by atoms with Crippen LogP contribution in [0, 0.1) is 6.92 Å². The third-order valence-electron chi connectivity index (χ3n) is 3.57. The van der Waals surface area contributed by atoms with Crippen molar-refractivity contribution in [2.45, 2.75) is 13.5 Å². The van der Waals surface area contributed by atoms with Crippen molar-refractivity contribution in [2.75, 3.05) is 7.11 Å². The van der Waals surface area contributed by atoms with Crippen LogP contribution in [0.25, 0.3) is 11.0 Å². The number of carbonyl (C=O) groups excluding carboxylic acids is 1. The Labute approximate surface area is 123 Å². The summed E-state index contributed by atoms with van der Waals surface area (Å²) in [4.78, 5) is 15.6. The van der Waals surface area contributed by atoms with E-state index in [0.717, 1.165) is 28.6 Å². The van der Waals surface area contributed by atoms with Crippen LogP contribution in [-0.2, 0) is 6.54 Å². The van der Waals surface area contributed by atoms with Crippen LogP contribution in [0.3, 0.4) is 0 Å². The van der Waals surface area contributed by atoms with Crippen LogP contribution in [0.1, 0.15) is 21.5 Å². The summed E-state index contributed by atoms with van der Waals surface area (Å²) < 4.78 is 7.40. The number of benzene rings is 1. The van der Waals surface area contributed by atoms with Crippen molar-refractivity contribution in [3.8, 4) is 5.75 Å². The van der Waals surface area contributed by atoms with E-state index in [0.29, 0.717) is 12.1 Å². The zero-order valence-corrected chi connectivity index (χ0v) is 12.0. The maximum Gasteiger partial charge on any atom is 0.152 e. The van der Waals surface area contributed by atoms with E-state index in [1.165, 1.54) is 5.56 Å². The van der Waals surface area contributed by atoms with E-state index >= 15 is 0 Å². The zero-order chi connectivity index (χ0) is 14.8. The molecule has 4 nitrogen and oxygen atoms in total. The molecule has 0 spiro atoms. The van der Waals surface area contributed by atoms with E-state index in [1.54, 1.807) is 13.3 Å². The SMILES string of the molecule is COc1ccc(C)cc1Cn1cc(C=O)c2cccnc21. The molecule has 0 atom stereocenters. The maximum absolute atomic E-state index is 11.2. The van der Waals surface area contributed by atoms with Crippen LogP contribution in [0.15, 0.2) is 42.7 Å². The van der Waals surface area contributed by atoms with E-state index in [4.69, 9.17) is 4.74 Å². The molecule has 2 aromatic heterocycles. The van der Waals surface area contributed by atoms with Gasteiger partial charge in [-0.15, -0.1) is 0 Å². The lowest BCUT2D eigenvalue weighted by atomic mass is 10.1. The summed E-state index contributed by atoms with van der Waals surface area (Å²) in [5, 5.41) is 0.874. The van der Waals surface area contributed by atoms with Crippen LogP contribution < -0.4 is 4.74 Å². The molecule has 0 radical (unpaired) electrons. The van der Waals surface area contributed by atoms with Gasteiger partial charge in [-0.1, -0.05) is 17.7 Å². The van der Waals surface area contributed by atoms with E-state index in [-0.39, 0.29) is 0 Å². The normalized spacial score (nSPS) is 10.8. The maximum atomic E-state index is 11.2. The second kappa shape index (κ2) is 5.40. The Balaban J connectivity index is 2.10. The molecule has 4 heteroatoms. The van der Waals surface area contributed by atoms with Gasteiger partial charge in [0.2, 0.25) is 0 Å². The molecule has 0 saturated heterocycles. The molecule has 21 heavy (non-hydrogen) atoms. The molecule has 0 unspecified atom stereocenters. The highest BCUT2D eigenvalue weighted by molar-refractivity contribution is 5.95. The molecule has 0 bridgehead atoms. The number of aromatic nitrogens is 2. The van der Waals surface area contributed by atoms with Gasteiger partial charge >= 0.3 is 0 Å². The topological polar surface area (TPSA) is 44.1 Å². The van der Waals surface area contributed by atoms with Gasteiger partial charge in [-0.2, -0.15) is 0 Å². The number of ether oxygens (including phenoxy) is 1. The average Bonchev–Trinajstić information content (AvgIpc) is 2.86.